The molecule has 0 aliphatic carbocycles. The van der Waals surface area contributed by atoms with Crippen LogP contribution in [0, 0.1) is 0 Å². The molecule has 1 aromatic heterocycles. The van der Waals surface area contributed by atoms with Crippen molar-refractivity contribution >= 4 is 17.5 Å². The van der Waals surface area contributed by atoms with Crippen LogP contribution in [-0.4, -0.2) is 64.4 Å². The van der Waals surface area contributed by atoms with E-state index < -0.39 is 11.6 Å². The predicted molar refractivity (Wildman–Crippen MR) is 80.6 cm³/mol. The number of piperazine rings is 1. The average Bonchev–Trinajstić information content (AvgIpc) is 2.38. The van der Waals surface area contributed by atoms with E-state index in [0.29, 0.717) is 31.1 Å². The number of carbonyl (C=O) groups is 1. The van der Waals surface area contributed by atoms with Crippen LogP contribution in [-0.2, 0) is 0 Å². The normalized spacial score (nSPS) is 17.0. The number of aliphatic hydroxyl groups is 1. The number of hydrogen-bond acceptors (Lipinski definition) is 6. The molecule has 2 heterocycles. The van der Waals surface area contributed by atoms with Gasteiger partial charge in [-0.3, -0.25) is 4.90 Å². The van der Waals surface area contributed by atoms with E-state index in [0.717, 1.165) is 13.1 Å². The van der Waals surface area contributed by atoms with Crippen LogP contribution in [0.25, 0.3) is 0 Å². The zero-order valence-corrected chi connectivity index (χ0v) is 12.4. The van der Waals surface area contributed by atoms with Crippen molar-refractivity contribution in [3.63, 3.8) is 0 Å². The molecule has 1 aromatic rings. The van der Waals surface area contributed by atoms with E-state index in [-0.39, 0.29) is 5.69 Å². The van der Waals surface area contributed by atoms with Crippen molar-refractivity contribution < 1.29 is 15.0 Å². The number of hydrogen-bond donors (Lipinski definition) is 3. The van der Waals surface area contributed by atoms with E-state index in [2.05, 4.69) is 9.88 Å². The predicted octanol–water partition coefficient (Wildman–Crippen LogP) is 0.255. The van der Waals surface area contributed by atoms with Crippen LogP contribution in [0.5, 0.6) is 0 Å². The lowest BCUT2D eigenvalue weighted by Gasteiger charge is -2.38. The fourth-order valence-corrected chi connectivity index (χ4v) is 2.50. The maximum Gasteiger partial charge on any atom is 0.354 e. The number of rotatable bonds is 4. The molecular formula is C14H22N4O3. The SMILES string of the molecule is CC(C)(O)CN1CCN(c2nc(C(=O)O)ccc2N)CC1. The van der Waals surface area contributed by atoms with E-state index >= 15 is 0 Å². The Morgan fingerprint density at radius 3 is 2.48 bits per heavy atom. The zero-order valence-electron chi connectivity index (χ0n) is 12.4. The summed E-state index contributed by atoms with van der Waals surface area (Å²) in [5.41, 5.74) is 5.67. The number of aromatic nitrogens is 1. The largest absolute Gasteiger partial charge is 0.477 e. The quantitative estimate of drug-likeness (QED) is 0.731. The molecule has 4 N–H and O–H groups in total. The lowest BCUT2D eigenvalue weighted by Crippen LogP contribution is -2.50. The van der Waals surface area contributed by atoms with Gasteiger partial charge in [0.15, 0.2) is 11.5 Å². The summed E-state index contributed by atoms with van der Waals surface area (Å²) < 4.78 is 0. The third-order valence-corrected chi connectivity index (χ3v) is 3.41. The summed E-state index contributed by atoms with van der Waals surface area (Å²) in [5.74, 6) is -0.533. The van der Waals surface area contributed by atoms with Crippen LogP contribution in [0.2, 0.25) is 0 Å². The van der Waals surface area contributed by atoms with Crippen molar-refractivity contribution in [3.8, 4) is 0 Å². The van der Waals surface area contributed by atoms with E-state index in [1.807, 2.05) is 4.90 Å². The number of pyridine rings is 1. The van der Waals surface area contributed by atoms with Crippen LogP contribution < -0.4 is 10.6 Å². The maximum absolute atomic E-state index is 11.0. The second-order valence-electron chi connectivity index (χ2n) is 5.99. The number of anilines is 2. The summed E-state index contributed by atoms with van der Waals surface area (Å²) in [6.07, 6.45) is 0. The first kappa shape index (κ1) is 15.5. The summed E-state index contributed by atoms with van der Waals surface area (Å²) in [5, 5.41) is 18.9. The minimum absolute atomic E-state index is 0.00174. The highest BCUT2D eigenvalue weighted by atomic mass is 16.4. The fraction of sp³-hybridized carbons (Fsp3) is 0.571. The number of aromatic carboxylic acids is 1. The van der Waals surface area contributed by atoms with Crippen molar-refractivity contribution in [2.75, 3.05) is 43.4 Å². The smallest absolute Gasteiger partial charge is 0.354 e. The Kier molecular flexibility index (Phi) is 4.34. The first-order chi connectivity index (χ1) is 9.76. The Morgan fingerprint density at radius 1 is 1.33 bits per heavy atom. The molecule has 0 bridgehead atoms. The topological polar surface area (TPSA) is 103 Å². The van der Waals surface area contributed by atoms with Crippen LogP contribution in [0.3, 0.4) is 0 Å². The van der Waals surface area contributed by atoms with Crippen LogP contribution >= 0.6 is 0 Å². The van der Waals surface area contributed by atoms with Gasteiger partial charge in [-0.15, -0.1) is 0 Å². The van der Waals surface area contributed by atoms with E-state index in [9.17, 15) is 9.90 Å². The number of β-amino-alcohol motifs (C(OH)–C–C–N with tert-alkyl or cyclic N) is 1. The molecular weight excluding hydrogens is 272 g/mol. The van der Waals surface area contributed by atoms with Gasteiger partial charge in [0.1, 0.15) is 0 Å². The van der Waals surface area contributed by atoms with Gasteiger partial charge in [-0.1, -0.05) is 0 Å². The van der Waals surface area contributed by atoms with Gasteiger partial charge in [0.05, 0.1) is 11.3 Å². The molecule has 1 aliphatic rings. The molecule has 7 heteroatoms. The number of carboxylic acids is 1. The summed E-state index contributed by atoms with van der Waals surface area (Å²) in [7, 11) is 0. The molecule has 0 atom stereocenters. The Morgan fingerprint density at radius 2 is 1.95 bits per heavy atom. The Hall–Kier alpha value is -1.86. The van der Waals surface area contributed by atoms with Gasteiger partial charge in [-0.05, 0) is 26.0 Å². The number of carboxylic acid groups (broad SMARTS) is 1. The minimum atomic E-state index is -1.06. The third kappa shape index (κ3) is 4.05. The van der Waals surface area contributed by atoms with E-state index in [4.69, 9.17) is 10.8 Å². The minimum Gasteiger partial charge on any atom is -0.477 e. The molecule has 1 aliphatic heterocycles. The number of nitrogens with two attached hydrogens (primary N) is 1. The van der Waals surface area contributed by atoms with Gasteiger partial charge in [-0.25, -0.2) is 9.78 Å². The van der Waals surface area contributed by atoms with Crippen molar-refractivity contribution in [1.29, 1.82) is 0 Å². The Bertz CT molecular complexity index is 519. The monoisotopic (exact) mass is 294 g/mol. The molecule has 0 spiro atoms. The fourth-order valence-electron chi connectivity index (χ4n) is 2.50. The highest BCUT2D eigenvalue weighted by Crippen LogP contribution is 2.22. The second kappa shape index (κ2) is 5.87. The van der Waals surface area contributed by atoms with Gasteiger partial charge in [0.25, 0.3) is 0 Å². The molecule has 1 saturated heterocycles. The first-order valence-electron chi connectivity index (χ1n) is 6.96. The lowest BCUT2D eigenvalue weighted by atomic mass is 10.1. The maximum atomic E-state index is 11.0. The van der Waals surface area contributed by atoms with E-state index in [1.54, 1.807) is 19.9 Å². The molecule has 116 valence electrons. The van der Waals surface area contributed by atoms with Gasteiger partial charge in [-0.2, -0.15) is 0 Å². The third-order valence-electron chi connectivity index (χ3n) is 3.41. The molecule has 0 radical (unpaired) electrons. The molecule has 21 heavy (non-hydrogen) atoms. The van der Waals surface area contributed by atoms with Crippen molar-refractivity contribution in [2.45, 2.75) is 19.4 Å². The summed E-state index contributed by atoms with van der Waals surface area (Å²) >= 11 is 0. The van der Waals surface area contributed by atoms with E-state index in [1.165, 1.54) is 6.07 Å². The molecule has 7 nitrogen and oxygen atoms in total. The molecule has 1 fully saturated rings. The van der Waals surface area contributed by atoms with Crippen LogP contribution in [0.1, 0.15) is 24.3 Å². The van der Waals surface area contributed by atoms with Crippen LogP contribution in [0.4, 0.5) is 11.5 Å². The summed E-state index contributed by atoms with van der Waals surface area (Å²) in [4.78, 5) is 19.3. The lowest BCUT2D eigenvalue weighted by molar-refractivity contribution is 0.0344. The van der Waals surface area contributed by atoms with Gasteiger partial charge < -0.3 is 20.8 Å². The van der Waals surface area contributed by atoms with Crippen molar-refractivity contribution in [3.05, 3.63) is 17.8 Å². The molecule has 0 unspecified atom stereocenters. The molecule has 0 saturated carbocycles. The average molecular weight is 294 g/mol. The summed E-state index contributed by atoms with van der Waals surface area (Å²) in [6.45, 7) is 7.15. The number of nitrogen functional groups attached to an aromatic ring is 1. The molecule has 0 aromatic carbocycles. The highest BCUT2D eigenvalue weighted by molar-refractivity contribution is 5.87. The second-order valence-corrected chi connectivity index (χ2v) is 5.99. The first-order valence-corrected chi connectivity index (χ1v) is 6.96. The van der Waals surface area contributed by atoms with Gasteiger partial charge in [0, 0.05) is 32.7 Å². The van der Waals surface area contributed by atoms with Gasteiger partial charge in [0.2, 0.25) is 0 Å². The molecule has 0 amide bonds. The molecule has 2 rings (SSSR count). The van der Waals surface area contributed by atoms with Crippen molar-refractivity contribution in [2.24, 2.45) is 0 Å². The number of nitrogens with zero attached hydrogens (tertiary/aromatic N) is 3. The zero-order chi connectivity index (χ0) is 15.6. The highest BCUT2D eigenvalue weighted by Gasteiger charge is 2.24. The standard InChI is InChI=1S/C14H22N4O3/c1-14(2,21)9-17-5-7-18(8-6-17)12-10(15)3-4-11(16-12)13(19)20/h3-4,21H,5-9,15H2,1-2H3,(H,19,20). The summed E-state index contributed by atoms with van der Waals surface area (Å²) in [6, 6.07) is 2.99. The Balaban J connectivity index is 2.05. The van der Waals surface area contributed by atoms with Gasteiger partial charge >= 0.3 is 5.97 Å². The Labute approximate surface area is 124 Å². The van der Waals surface area contributed by atoms with Crippen molar-refractivity contribution in [1.82, 2.24) is 9.88 Å². The van der Waals surface area contributed by atoms with Crippen LogP contribution in [0.15, 0.2) is 12.1 Å².